The Balaban J connectivity index is 1.56. The summed E-state index contributed by atoms with van der Waals surface area (Å²) < 4.78 is 5.55. The predicted octanol–water partition coefficient (Wildman–Crippen LogP) is -0.290. The van der Waals surface area contributed by atoms with Crippen LogP contribution in [-0.4, -0.2) is 73.7 Å². The summed E-state index contributed by atoms with van der Waals surface area (Å²) in [5, 5.41) is 9.62. The third-order valence-corrected chi connectivity index (χ3v) is 5.51. The molecule has 138 valence electrons. The number of hydrogen-bond acceptors (Lipinski definition) is 8. The highest BCUT2D eigenvalue weighted by molar-refractivity contribution is 5.48. The zero-order valence-electron chi connectivity index (χ0n) is 15.0. The van der Waals surface area contributed by atoms with Crippen molar-refractivity contribution in [2.45, 2.75) is 31.4 Å². The van der Waals surface area contributed by atoms with Crippen LogP contribution in [-0.2, 0) is 4.74 Å². The molecule has 4 heterocycles. The molecule has 0 bridgehead atoms. The van der Waals surface area contributed by atoms with Crippen molar-refractivity contribution >= 4 is 11.8 Å². The summed E-state index contributed by atoms with van der Waals surface area (Å²) in [5.74, 6) is 2.56. The van der Waals surface area contributed by atoms with Gasteiger partial charge >= 0.3 is 0 Å². The zero-order valence-corrected chi connectivity index (χ0v) is 15.0. The first-order valence-corrected chi connectivity index (χ1v) is 9.19. The van der Waals surface area contributed by atoms with E-state index < -0.39 is 0 Å². The van der Waals surface area contributed by atoms with Crippen LogP contribution in [0.15, 0.2) is 6.07 Å². The number of nitrogens with zero attached hydrogens (tertiary/aromatic N) is 4. The molecule has 3 fully saturated rings. The van der Waals surface area contributed by atoms with E-state index in [9.17, 15) is 5.11 Å². The van der Waals surface area contributed by atoms with E-state index in [2.05, 4.69) is 35.8 Å². The Labute approximate surface area is 148 Å². The van der Waals surface area contributed by atoms with Crippen LogP contribution in [0.25, 0.3) is 0 Å². The average Bonchev–Trinajstić information content (AvgIpc) is 3.24. The summed E-state index contributed by atoms with van der Waals surface area (Å²) in [4.78, 5) is 13.8. The minimum Gasteiger partial charge on any atom is -0.389 e. The highest BCUT2D eigenvalue weighted by Crippen LogP contribution is 2.29. The van der Waals surface area contributed by atoms with E-state index >= 15 is 0 Å². The molecule has 4 rings (SSSR count). The van der Waals surface area contributed by atoms with Gasteiger partial charge in [-0.05, 0) is 13.3 Å². The zero-order chi connectivity index (χ0) is 17.4. The van der Waals surface area contributed by atoms with Gasteiger partial charge in [0.1, 0.15) is 5.82 Å². The van der Waals surface area contributed by atoms with Crippen LogP contribution in [0.4, 0.5) is 11.8 Å². The van der Waals surface area contributed by atoms with Crippen molar-refractivity contribution in [1.82, 2.24) is 20.8 Å². The van der Waals surface area contributed by atoms with Gasteiger partial charge in [-0.2, -0.15) is 4.98 Å². The monoisotopic (exact) mass is 348 g/mol. The molecule has 3 aliphatic heterocycles. The molecule has 0 spiro atoms. The topological polar surface area (TPSA) is 85.8 Å². The highest BCUT2D eigenvalue weighted by Gasteiger charge is 2.30. The van der Waals surface area contributed by atoms with Crippen molar-refractivity contribution in [1.29, 1.82) is 0 Å². The largest absolute Gasteiger partial charge is 0.389 e. The molecule has 8 nitrogen and oxygen atoms in total. The maximum atomic E-state index is 9.62. The number of nitrogens with one attached hydrogen (secondary N) is 2. The fourth-order valence-corrected chi connectivity index (χ4v) is 3.69. The van der Waals surface area contributed by atoms with Gasteiger partial charge in [-0.1, -0.05) is 0 Å². The van der Waals surface area contributed by atoms with Crippen molar-refractivity contribution in [2.24, 2.45) is 5.92 Å². The normalized spacial score (nSPS) is 29.9. The summed E-state index contributed by atoms with van der Waals surface area (Å²) in [5.41, 5.74) is 7.56. The van der Waals surface area contributed by atoms with E-state index in [-0.39, 0.29) is 6.10 Å². The Morgan fingerprint density at radius 1 is 1.40 bits per heavy atom. The van der Waals surface area contributed by atoms with Gasteiger partial charge < -0.3 is 19.6 Å². The number of anilines is 2. The average molecular weight is 348 g/mol. The van der Waals surface area contributed by atoms with Crippen LogP contribution in [0.5, 0.6) is 0 Å². The number of β-amino-alcohol motifs (C(OH)–C–C–N with tert-alkyl or cyclic N) is 1. The lowest BCUT2D eigenvalue weighted by atomic mass is 10.0. The third kappa shape index (κ3) is 3.57. The van der Waals surface area contributed by atoms with Crippen molar-refractivity contribution in [2.75, 3.05) is 56.2 Å². The van der Waals surface area contributed by atoms with Crippen LogP contribution in [0.3, 0.4) is 0 Å². The molecule has 0 aliphatic carbocycles. The van der Waals surface area contributed by atoms with Gasteiger partial charge in [-0.15, -0.1) is 0 Å². The lowest BCUT2D eigenvalue weighted by Crippen LogP contribution is -2.51. The maximum Gasteiger partial charge on any atom is 0.227 e. The molecule has 3 atom stereocenters. The minimum absolute atomic E-state index is 0.264. The van der Waals surface area contributed by atoms with Gasteiger partial charge in [-0.25, -0.2) is 4.98 Å². The van der Waals surface area contributed by atoms with E-state index in [1.807, 2.05) is 4.90 Å². The summed E-state index contributed by atoms with van der Waals surface area (Å²) in [6.45, 7) is 6.85. The van der Waals surface area contributed by atoms with E-state index in [4.69, 9.17) is 14.7 Å². The van der Waals surface area contributed by atoms with Crippen LogP contribution < -0.4 is 20.7 Å². The highest BCUT2D eigenvalue weighted by atomic mass is 16.5. The second-order valence-corrected chi connectivity index (χ2v) is 7.52. The van der Waals surface area contributed by atoms with E-state index in [0.717, 1.165) is 50.2 Å². The fourth-order valence-electron chi connectivity index (χ4n) is 3.69. The van der Waals surface area contributed by atoms with Crippen molar-refractivity contribution < 1.29 is 9.84 Å². The van der Waals surface area contributed by atoms with Gasteiger partial charge in [0.25, 0.3) is 0 Å². The van der Waals surface area contributed by atoms with Crippen LogP contribution in [0, 0.1) is 5.92 Å². The number of aliphatic hydroxyl groups excluding tert-OH is 1. The smallest absolute Gasteiger partial charge is 0.227 e. The molecule has 0 saturated carbocycles. The Kier molecular flexibility index (Phi) is 4.77. The SMILES string of the molecule is CC1NNCC1CN(C)c1cc(C2CCOC2)nc(N2CC(O)C2)n1. The first kappa shape index (κ1) is 17.0. The molecule has 3 N–H and O–H groups in total. The molecule has 0 amide bonds. The summed E-state index contributed by atoms with van der Waals surface area (Å²) >= 11 is 0. The standard InChI is InChI=1S/C17H28N6O2/c1-11-13(6-18-21-11)7-22(2)16-5-15(12-3-4-25-10-12)19-17(20-16)23-8-14(24)9-23/h5,11-14,18,21,24H,3-4,6-10H2,1-2H3. The molecule has 0 aromatic carbocycles. The molecule has 3 saturated heterocycles. The Morgan fingerprint density at radius 3 is 2.88 bits per heavy atom. The number of aliphatic hydroxyl groups is 1. The second-order valence-electron chi connectivity index (χ2n) is 7.52. The molecular formula is C17H28N6O2. The van der Waals surface area contributed by atoms with Gasteiger partial charge in [-0.3, -0.25) is 10.9 Å². The Bertz CT molecular complexity index is 603. The number of ether oxygens (including phenoxy) is 1. The second kappa shape index (κ2) is 7.03. The third-order valence-electron chi connectivity index (χ3n) is 5.51. The number of aromatic nitrogens is 2. The van der Waals surface area contributed by atoms with Crippen molar-refractivity contribution in [3.05, 3.63) is 11.8 Å². The van der Waals surface area contributed by atoms with Crippen molar-refractivity contribution in [3.63, 3.8) is 0 Å². The minimum atomic E-state index is -0.264. The first-order valence-electron chi connectivity index (χ1n) is 9.19. The number of hydrogen-bond donors (Lipinski definition) is 3. The molecule has 25 heavy (non-hydrogen) atoms. The van der Waals surface area contributed by atoms with Gasteiger partial charge in [0.2, 0.25) is 5.95 Å². The molecule has 1 aromatic rings. The summed E-state index contributed by atoms with van der Waals surface area (Å²) in [7, 11) is 2.09. The molecule has 3 unspecified atom stereocenters. The summed E-state index contributed by atoms with van der Waals surface area (Å²) in [6, 6.07) is 2.55. The van der Waals surface area contributed by atoms with E-state index in [1.54, 1.807) is 0 Å². The molecular weight excluding hydrogens is 320 g/mol. The molecule has 3 aliphatic rings. The molecule has 0 radical (unpaired) electrons. The Hall–Kier alpha value is -1.48. The summed E-state index contributed by atoms with van der Waals surface area (Å²) in [6.07, 6.45) is 0.746. The maximum absolute atomic E-state index is 9.62. The van der Waals surface area contributed by atoms with Crippen LogP contribution in [0.1, 0.15) is 25.0 Å². The number of rotatable bonds is 5. The van der Waals surface area contributed by atoms with Gasteiger partial charge in [0.05, 0.1) is 18.4 Å². The van der Waals surface area contributed by atoms with Gasteiger partial charge in [0.15, 0.2) is 0 Å². The lowest BCUT2D eigenvalue weighted by Gasteiger charge is -2.36. The molecule has 1 aromatic heterocycles. The first-order chi connectivity index (χ1) is 12.1. The fraction of sp³-hybridized carbons (Fsp3) is 0.765. The molecule has 8 heteroatoms. The number of hydrazine groups is 1. The van der Waals surface area contributed by atoms with E-state index in [1.165, 1.54) is 0 Å². The predicted molar refractivity (Wildman–Crippen MR) is 95.8 cm³/mol. The lowest BCUT2D eigenvalue weighted by molar-refractivity contribution is 0.140. The van der Waals surface area contributed by atoms with Gasteiger partial charge in [0, 0.05) is 63.8 Å². The Morgan fingerprint density at radius 2 is 2.24 bits per heavy atom. The van der Waals surface area contributed by atoms with Crippen LogP contribution >= 0.6 is 0 Å². The van der Waals surface area contributed by atoms with Crippen LogP contribution in [0.2, 0.25) is 0 Å². The quantitative estimate of drug-likeness (QED) is 0.669. The van der Waals surface area contributed by atoms with Crippen molar-refractivity contribution in [3.8, 4) is 0 Å². The van der Waals surface area contributed by atoms with E-state index in [0.29, 0.717) is 31.0 Å².